The van der Waals surface area contributed by atoms with E-state index in [1.807, 2.05) is 36.4 Å². The molecular weight excluding hydrogens is 330 g/mol. The van der Waals surface area contributed by atoms with Crippen LogP contribution in [0.2, 0.25) is 0 Å². The quantitative estimate of drug-likeness (QED) is 0.708. The van der Waals surface area contributed by atoms with Gasteiger partial charge >= 0.3 is 0 Å². The summed E-state index contributed by atoms with van der Waals surface area (Å²) in [5.74, 6) is 0.729. The molecule has 0 unspecified atom stereocenters. The average molecular weight is 351 g/mol. The molecule has 0 aliphatic carbocycles. The third-order valence-electron chi connectivity index (χ3n) is 4.22. The van der Waals surface area contributed by atoms with Crippen LogP contribution in [0.4, 0.5) is 0 Å². The third-order valence-corrected chi connectivity index (χ3v) is 4.22. The number of benzene rings is 2. The number of aryl methyl sites for hydroxylation is 1. The lowest BCUT2D eigenvalue weighted by Gasteiger charge is -2.10. The predicted octanol–water partition coefficient (Wildman–Crippen LogP) is 2.15. The van der Waals surface area contributed by atoms with Crippen LogP contribution in [0.15, 0.2) is 59.7 Å². The predicted molar refractivity (Wildman–Crippen MR) is 100 cm³/mol. The van der Waals surface area contributed by atoms with Crippen LogP contribution in [-0.2, 0) is 17.8 Å². The average Bonchev–Trinajstić information content (AvgIpc) is 2.68. The molecule has 0 saturated heterocycles. The normalized spacial score (nSPS) is 10.7. The lowest BCUT2D eigenvalue weighted by molar-refractivity contribution is -0.121. The first-order valence-corrected chi connectivity index (χ1v) is 8.52. The van der Waals surface area contributed by atoms with Crippen molar-refractivity contribution >= 4 is 16.8 Å². The number of amides is 1. The van der Waals surface area contributed by atoms with E-state index in [0.29, 0.717) is 36.8 Å². The van der Waals surface area contributed by atoms with E-state index in [0.717, 1.165) is 11.3 Å². The van der Waals surface area contributed by atoms with E-state index in [2.05, 4.69) is 10.3 Å². The fourth-order valence-electron chi connectivity index (χ4n) is 2.83. The van der Waals surface area contributed by atoms with E-state index in [1.165, 1.54) is 10.9 Å². The number of fused-ring (bicyclic) bond motifs is 1. The summed E-state index contributed by atoms with van der Waals surface area (Å²) in [5, 5.41) is 3.43. The third kappa shape index (κ3) is 4.08. The van der Waals surface area contributed by atoms with Crippen molar-refractivity contribution in [2.45, 2.75) is 19.4 Å². The highest BCUT2D eigenvalue weighted by molar-refractivity contribution is 5.77. The van der Waals surface area contributed by atoms with Crippen molar-refractivity contribution in [2.75, 3.05) is 13.7 Å². The van der Waals surface area contributed by atoms with Gasteiger partial charge in [0.25, 0.3) is 5.56 Å². The van der Waals surface area contributed by atoms with Gasteiger partial charge in [-0.25, -0.2) is 4.98 Å². The SMILES string of the molecule is COc1ccccc1CCC(=O)NCCn1cnc2ccccc2c1=O. The Morgan fingerprint density at radius 3 is 2.77 bits per heavy atom. The highest BCUT2D eigenvalue weighted by atomic mass is 16.5. The number of para-hydroxylation sites is 2. The molecule has 2 aromatic carbocycles. The Morgan fingerprint density at radius 2 is 1.92 bits per heavy atom. The largest absolute Gasteiger partial charge is 0.496 e. The maximum Gasteiger partial charge on any atom is 0.261 e. The summed E-state index contributed by atoms with van der Waals surface area (Å²) in [7, 11) is 1.62. The van der Waals surface area contributed by atoms with Crippen LogP contribution in [0.1, 0.15) is 12.0 Å². The highest BCUT2D eigenvalue weighted by Crippen LogP contribution is 2.18. The molecule has 1 amide bonds. The van der Waals surface area contributed by atoms with Gasteiger partial charge in [-0.3, -0.25) is 14.2 Å². The minimum atomic E-state index is -0.0983. The number of carbonyl (C=O) groups excluding carboxylic acids is 1. The highest BCUT2D eigenvalue weighted by Gasteiger charge is 2.07. The Morgan fingerprint density at radius 1 is 1.15 bits per heavy atom. The minimum absolute atomic E-state index is 0.0577. The molecule has 0 spiro atoms. The van der Waals surface area contributed by atoms with Gasteiger partial charge in [0.1, 0.15) is 5.75 Å². The molecule has 0 aliphatic heterocycles. The van der Waals surface area contributed by atoms with Crippen LogP contribution in [-0.4, -0.2) is 29.1 Å². The van der Waals surface area contributed by atoms with Crippen molar-refractivity contribution in [3.63, 3.8) is 0 Å². The molecule has 1 aromatic heterocycles. The molecule has 0 fully saturated rings. The molecule has 3 aromatic rings. The van der Waals surface area contributed by atoms with Gasteiger partial charge in [-0.15, -0.1) is 0 Å². The number of hydrogen-bond donors (Lipinski definition) is 1. The van der Waals surface area contributed by atoms with E-state index < -0.39 is 0 Å². The fourth-order valence-corrected chi connectivity index (χ4v) is 2.83. The van der Waals surface area contributed by atoms with Gasteiger partial charge in [0.05, 0.1) is 24.3 Å². The van der Waals surface area contributed by atoms with Gasteiger partial charge in [0.2, 0.25) is 5.91 Å². The molecule has 0 atom stereocenters. The Bertz CT molecular complexity index is 966. The van der Waals surface area contributed by atoms with Gasteiger partial charge in [0, 0.05) is 19.5 Å². The number of ether oxygens (including phenoxy) is 1. The van der Waals surface area contributed by atoms with Crippen LogP contribution in [0.5, 0.6) is 5.75 Å². The maximum atomic E-state index is 12.4. The topological polar surface area (TPSA) is 73.2 Å². The summed E-state index contributed by atoms with van der Waals surface area (Å²) < 4.78 is 6.80. The van der Waals surface area contributed by atoms with Crippen LogP contribution in [0.25, 0.3) is 10.9 Å². The van der Waals surface area contributed by atoms with Crippen LogP contribution in [0.3, 0.4) is 0 Å². The van der Waals surface area contributed by atoms with Gasteiger partial charge in [-0.2, -0.15) is 0 Å². The van der Waals surface area contributed by atoms with Gasteiger partial charge < -0.3 is 10.1 Å². The Hall–Kier alpha value is -3.15. The molecule has 3 rings (SSSR count). The molecular formula is C20H21N3O3. The number of carbonyl (C=O) groups is 1. The van der Waals surface area contributed by atoms with Crippen molar-refractivity contribution in [3.8, 4) is 5.75 Å². The molecule has 1 heterocycles. The van der Waals surface area contributed by atoms with Crippen molar-refractivity contribution in [3.05, 3.63) is 70.8 Å². The van der Waals surface area contributed by atoms with Crippen LogP contribution < -0.4 is 15.6 Å². The summed E-state index contributed by atoms with van der Waals surface area (Å²) in [5.41, 5.74) is 1.58. The molecule has 0 radical (unpaired) electrons. The van der Waals surface area contributed by atoms with Gasteiger partial charge in [0.15, 0.2) is 0 Å². The molecule has 0 bridgehead atoms. The lowest BCUT2D eigenvalue weighted by atomic mass is 10.1. The van der Waals surface area contributed by atoms with E-state index in [9.17, 15) is 9.59 Å². The minimum Gasteiger partial charge on any atom is -0.496 e. The molecule has 6 heteroatoms. The molecule has 26 heavy (non-hydrogen) atoms. The van der Waals surface area contributed by atoms with E-state index in [4.69, 9.17) is 4.74 Å². The Balaban J connectivity index is 1.53. The standard InChI is InChI=1S/C20H21N3O3/c1-26-18-9-5-2-6-15(18)10-11-19(24)21-12-13-23-14-22-17-8-4-3-7-16(17)20(23)25/h2-9,14H,10-13H2,1H3,(H,21,24). The van der Waals surface area contributed by atoms with Crippen molar-refractivity contribution in [1.29, 1.82) is 0 Å². The summed E-state index contributed by atoms with van der Waals surface area (Å²) in [6, 6.07) is 14.9. The van der Waals surface area contributed by atoms with Gasteiger partial charge in [-0.05, 0) is 30.2 Å². The lowest BCUT2D eigenvalue weighted by Crippen LogP contribution is -2.31. The van der Waals surface area contributed by atoms with Crippen LogP contribution in [0, 0.1) is 0 Å². The van der Waals surface area contributed by atoms with E-state index >= 15 is 0 Å². The number of nitrogens with one attached hydrogen (secondary N) is 1. The first-order valence-electron chi connectivity index (χ1n) is 8.52. The number of hydrogen-bond acceptors (Lipinski definition) is 4. The molecule has 6 nitrogen and oxygen atoms in total. The number of rotatable bonds is 7. The molecule has 1 N–H and O–H groups in total. The number of aromatic nitrogens is 2. The first-order chi connectivity index (χ1) is 12.7. The zero-order valence-electron chi connectivity index (χ0n) is 14.6. The molecule has 134 valence electrons. The maximum absolute atomic E-state index is 12.4. The second-order valence-corrected chi connectivity index (χ2v) is 5.92. The molecule has 0 aliphatic rings. The fraction of sp³-hybridized carbons (Fsp3) is 0.250. The zero-order chi connectivity index (χ0) is 18.4. The second-order valence-electron chi connectivity index (χ2n) is 5.92. The summed E-state index contributed by atoms with van der Waals surface area (Å²) in [4.78, 5) is 28.7. The monoisotopic (exact) mass is 351 g/mol. The Labute approximate surface area is 151 Å². The Kier molecular flexibility index (Phi) is 5.63. The summed E-state index contributed by atoms with van der Waals surface area (Å²) >= 11 is 0. The zero-order valence-corrected chi connectivity index (χ0v) is 14.6. The summed E-state index contributed by atoms with van der Waals surface area (Å²) in [6.45, 7) is 0.766. The second kappa shape index (κ2) is 8.29. The number of nitrogens with zero attached hydrogens (tertiary/aromatic N) is 2. The van der Waals surface area contributed by atoms with E-state index in [1.54, 1.807) is 19.2 Å². The van der Waals surface area contributed by atoms with Crippen molar-refractivity contribution in [2.24, 2.45) is 0 Å². The van der Waals surface area contributed by atoms with Crippen molar-refractivity contribution < 1.29 is 9.53 Å². The first kappa shape index (κ1) is 17.7. The van der Waals surface area contributed by atoms with E-state index in [-0.39, 0.29) is 11.5 Å². The van der Waals surface area contributed by atoms with Crippen molar-refractivity contribution in [1.82, 2.24) is 14.9 Å². The molecule has 0 saturated carbocycles. The van der Waals surface area contributed by atoms with Crippen LogP contribution >= 0.6 is 0 Å². The number of methoxy groups -OCH3 is 1. The smallest absolute Gasteiger partial charge is 0.261 e. The van der Waals surface area contributed by atoms with Gasteiger partial charge in [-0.1, -0.05) is 30.3 Å². The summed E-state index contributed by atoms with van der Waals surface area (Å²) in [6.07, 6.45) is 2.49.